The van der Waals surface area contributed by atoms with Gasteiger partial charge in [0.2, 0.25) is 0 Å². The number of aliphatic imine (C=N–C) groups is 1. The second-order valence-corrected chi connectivity index (χ2v) is 4.45. The number of hydrogen-bond acceptors (Lipinski definition) is 2. The molecule has 0 aliphatic carbocycles. The Kier molecular flexibility index (Phi) is 4.01. The molecular formula is C13H20N2. The highest BCUT2D eigenvalue weighted by molar-refractivity contribution is 5.87. The van der Waals surface area contributed by atoms with Gasteiger partial charge in [-0.05, 0) is 37.3 Å². The van der Waals surface area contributed by atoms with Crippen molar-refractivity contribution in [1.82, 2.24) is 4.98 Å². The summed E-state index contributed by atoms with van der Waals surface area (Å²) < 4.78 is 0. The third-order valence-electron chi connectivity index (χ3n) is 2.95. The Labute approximate surface area is 92.5 Å². The summed E-state index contributed by atoms with van der Waals surface area (Å²) in [6, 6.07) is 1.96. The molecule has 1 aromatic heterocycles. The van der Waals surface area contributed by atoms with Crippen LogP contribution in [0.1, 0.15) is 33.3 Å². The molecule has 1 unspecified atom stereocenters. The van der Waals surface area contributed by atoms with Gasteiger partial charge in [-0.25, -0.2) is 0 Å². The molecule has 0 aliphatic heterocycles. The topological polar surface area (TPSA) is 25.2 Å². The number of aryl methyl sites for hydroxylation is 1. The van der Waals surface area contributed by atoms with Crippen LogP contribution in [-0.4, -0.2) is 10.7 Å². The van der Waals surface area contributed by atoms with Gasteiger partial charge in [0.25, 0.3) is 0 Å². The smallest absolute Gasteiger partial charge is 0.0688 e. The summed E-state index contributed by atoms with van der Waals surface area (Å²) in [4.78, 5) is 8.72. The van der Waals surface area contributed by atoms with E-state index >= 15 is 0 Å². The molecule has 1 aromatic rings. The SMILES string of the molecule is C/C(=N\c1ccncc1C)C(C)C(C)C. The molecule has 0 bridgehead atoms. The first-order valence-electron chi connectivity index (χ1n) is 5.48. The molecule has 1 rings (SSSR count). The Bertz CT molecular complexity index is 353. The van der Waals surface area contributed by atoms with E-state index < -0.39 is 0 Å². The summed E-state index contributed by atoms with van der Waals surface area (Å²) in [5, 5.41) is 0. The first kappa shape index (κ1) is 11.9. The molecule has 1 heterocycles. The summed E-state index contributed by atoms with van der Waals surface area (Å²) in [5.74, 6) is 1.16. The van der Waals surface area contributed by atoms with Gasteiger partial charge in [0, 0.05) is 18.1 Å². The highest BCUT2D eigenvalue weighted by Crippen LogP contribution is 2.20. The molecule has 0 aliphatic rings. The monoisotopic (exact) mass is 204 g/mol. The zero-order valence-corrected chi connectivity index (χ0v) is 10.3. The molecule has 0 saturated heterocycles. The fraction of sp³-hybridized carbons (Fsp3) is 0.538. The summed E-state index contributed by atoms with van der Waals surface area (Å²) in [6.07, 6.45) is 3.64. The van der Waals surface area contributed by atoms with Crippen LogP contribution in [0.3, 0.4) is 0 Å². The first-order chi connectivity index (χ1) is 7.02. The minimum Gasteiger partial charge on any atom is -0.264 e. The Hall–Kier alpha value is -1.18. The molecule has 1 atom stereocenters. The lowest BCUT2D eigenvalue weighted by molar-refractivity contribution is 0.530. The lowest BCUT2D eigenvalue weighted by Crippen LogP contribution is -2.13. The van der Waals surface area contributed by atoms with Gasteiger partial charge < -0.3 is 0 Å². The van der Waals surface area contributed by atoms with Gasteiger partial charge in [-0.15, -0.1) is 0 Å². The highest BCUT2D eigenvalue weighted by atomic mass is 14.8. The molecule has 82 valence electrons. The van der Waals surface area contributed by atoms with Crippen LogP contribution in [0.5, 0.6) is 0 Å². The number of pyridine rings is 1. The molecule has 0 aromatic carbocycles. The van der Waals surface area contributed by atoms with Crippen molar-refractivity contribution in [2.45, 2.75) is 34.6 Å². The van der Waals surface area contributed by atoms with Gasteiger partial charge in [-0.2, -0.15) is 0 Å². The summed E-state index contributed by atoms with van der Waals surface area (Å²) in [6.45, 7) is 10.8. The van der Waals surface area contributed by atoms with Gasteiger partial charge in [0.1, 0.15) is 0 Å². The van der Waals surface area contributed by atoms with Crippen molar-refractivity contribution in [3.05, 3.63) is 24.0 Å². The highest BCUT2D eigenvalue weighted by Gasteiger charge is 2.10. The van der Waals surface area contributed by atoms with Crippen LogP contribution in [0.15, 0.2) is 23.5 Å². The molecule has 0 spiro atoms. The lowest BCUT2D eigenvalue weighted by atomic mass is 9.94. The number of rotatable bonds is 3. The fourth-order valence-electron chi connectivity index (χ4n) is 1.37. The first-order valence-corrected chi connectivity index (χ1v) is 5.48. The van der Waals surface area contributed by atoms with Crippen molar-refractivity contribution in [2.75, 3.05) is 0 Å². The van der Waals surface area contributed by atoms with Crippen LogP contribution in [0.4, 0.5) is 5.69 Å². The standard InChI is InChI=1S/C13H20N2/c1-9(2)11(4)12(5)15-13-6-7-14-8-10(13)3/h6-9,11H,1-5H3/b15-12+. The van der Waals surface area contributed by atoms with Gasteiger partial charge in [0.05, 0.1) is 5.69 Å². The van der Waals surface area contributed by atoms with E-state index in [0.29, 0.717) is 11.8 Å². The van der Waals surface area contributed by atoms with Gasteiger partial charge >= 0.3 is 0 Å². The van der Waals surface area contributed by atoms with Crippen LogP contribution >= 0.6 is 0 Å². The Morgan fingerprint density at radius 3 is 2.53 bits per heavy atom. The van der Waals surface area contributed by atoms with E-state index in [2.05, 4.69) is 37.7 Å². The summed E-state index contributed by atoms with van der Waals surface area (Å²) in [7, 11) is 0. The molecule has 0 N–H and O–H groups in total. The van der Waals surface area contributed by atoms with Crippen LogP contribution in [0.2, 0.25) is 0 Å². The third-order valence-corrected chi connectivity index (χ3v) is 2.95. The van der Waals surface area contributed by atoms with E-state index in [1.807, 2.05) is 19.2 Å². The van der Waals surface area contributed by atoms with Gasteiger partial charge in [-0.3, -0.25) is 9.98 Å². The predicted molar refractivity (Wildman–Crippen MR) is 65.7 cm³/mol. The molecule has 2 heteroatoms. The molecule has 0 saturated carbocycles. The Morgan fingerprint density at radius 2 is 2.00 bits per heavy atom. The van der Waals surface area contributed by atoms with E-state index in [0.717, 1.165) is 11.3 Å². The normalized spacial score (nSPS) is 14.4. The van der Waals surface area contributed by atoms with E-state index in [-0.39, 0.29) is 0 Å². The minimum absolute atomic E-state index is 0.526. The number of aromatic nitrogens is 1. The van der Waals surface area contributed by atoms with Crippen LogP contribution in [-0.2, 0) is 0 Å². The maximum Gasteiger partial charge on any atom is 0.0688 e. The van der Waals surface area contributed by atoms with Crippen molar-refractivity contribution in [3.63, 3.8) is 0 Å². The second kappa shape index (κ2) is 5.06. The number of nitrogens with zero attached hydrogens (tertiary/aromatic N) is 2. The lowest BCUT2D eigenvalue weighted by Gasteiger charge is -2.15. The Morgan fingerprint density at radius 1 is 1.33 bits per heavy atom. The molecule has 0 amide bonds. The number of hydrogen-bond donors (Lipinski definition) is 0. The largest absolute Gasteiger partial charge is 0.264 e. The average Bonchev–Trinajstić information content (AvgIpc) is 2.20. The van der Waals surface area contributed by atoms with E-state index in [9.17, 15) is 0 Å². The van der Waals surface area contributed by atoms with Gasteiger partial charge in [-0.1, -0.05) is 20.8 Å². The minimum atomic E-state index is 0.526. The van der Waals surface area contributed by atoms with Crippen LogP contribution in [0, 0.1) is 18.8 Å². The molecule has 0 fully saturated rings. The maximum absolute atomic E-state index is 4.66. The predicted octanol–water partition coefficient (Wildman–Crippen LogP) is 3.77. The van der Waals surface area contributed by atoms with Crippen molar-refractivity contribution in [2.24, 2.45) is 16.8 Å². The quantitative estimate of drug-likeness (QED) is 0.688. The molecule has 2 nitrogen and oxygen atoms in total. The van der Waals surface area contributed by atoms with Crippen molar-refractivity contribution >= 4 is 11.4 Å². The molecule has 0 radical (unpaired) electrons. The fourth-order valence-corrected chi connectivity index (χ4v) is 1.37. The van der Waals surface area contributed by atoms with Crippen LogP contribution < -0.4 is 0 Å². The van der Waals surface area contributed by atoms with Crippen LogP contribution in [0.25, 0.3) is 0 Å². The molecule has 15 heavy (non-hydrogen) atoms. The maximum atomic E-state index is 4.66. The zero-order valence-electron chi connectivity index (χ0n) is 10.3. The van der Waals surface area contributed by atoms with E-state index in [1.165, 1.54) is 5.71 Å². The van der Waals surface area contributed by atoms with Crippen molar-refractivity contribution in [3.8, 4) is 0 Å². The second-order valence-electron chi connectivity index (χ2n) is 4.45. The van der Waals surface area contributed by atoms with E-state index in [4.69, 9.17) is 0 Å². The summed E-state index contributed by atoms with van der Waals surface area (Å²) >= 11 is 0. The van der Waals surface area contributed by atoms with Crippen molar-refractivity contribution < 1.29 is 0 Å². The van der Waals surface area contributed by atoms with E-state index in [1.54, 1.807) is 6.20 Å². The Balaban J connectivity index is 2.92. The third kappa shape index (κ3) is 3.15. The molecular weight excluding hydrogens is 184 g/mol. The summed E-state index contributed by atoms with van der Waals surface area (Å²) in [5.41, 5.74) is 3.36. The average molecular weight is 204 g/mol. The van der Waals surface area contributed by atoms with Gasteiger partial charge in [0.15, 0.2) is 0 Å². The zero-order chi connectivity index (χ0) is 11.4. The van der Waals surface area contributed by atoms with Crippen molar-refractivity contribution in [1.29, 1.82) is 0 Å².